The summed E-state index contributed by atoms with van der Waals surface area (Å²) in [6.45, 7) is 4.14. The van der Waals surface area contributed by atoms with Crippen LogP contribution < -0.4 is 0 Å². The van der Waals surface area contributed by atoms with E-state index in [1.54, 1.807) is 23.9 Å². The molecule has 0 saturated heterocycles. The summed E-state index contributed by atoms with van der Waals surface area (Å²) in [4.78, 5) is 23.7. The fourth-order valence-electron chi connectivity index (χ4n) is 2.34. The number of hydrogen-bond donors (Lipinski definition) is 0. The third kappa shape index (κ3) is 5.08. The molecule has 0 aliphatic heterocycles. The Morgan fingerprint density at radius 1 is 1.21 bits per heavy atom. The number of Topliss-reactive ketones (excluding diaryl/α,β-unsaturated/α-hetero) is 1. The molecule has 4 nitrogen and oxygen atoms in total. The number of nitrogens with zero attached hydrogens (tertiary/aromatic N) is 1. The maximum absolute atomic E-state index is 12.4. The number of carbonyl (C=O) groups is 1. The van der Waals surface area contributed by atoms with Crippen LogP contribution in [0.4, 0.5) is 5.69 Å². The van der Waals surface area contributed by atoms with Crippen LogP contribution >= 0.6 is 23.4 Å². The first-order valence-electron chi connectivity index (χ1n) is 7.56. The maximum atomic E-state index is 12.4. The summed E-state index contributed by atoms with van der Waals surface area (Å²) >= 11 is 7.90. The fraction of sp³-hybridized carbons (Fsp3) is 0.278. The van der Waals surface area contributed by atoms with Crippen LogP contribution in [-0.4, -0.2) is 16.0 Å². The number of non-ortho nitro benzene ring substituents is 1. The standard InChI is InChI=1S/C18H18ClNO3S/c1-12(2)24-18-14(6-4-8-17(18)19)11-16(21)10-13-5-3-7-15(9-13)20(22)23/h3-9,12H,10-11H2,1-2H3. The SMILES string of the molecule is CC(C)Sc1c(Cl)cccc1CC(=O)Cc1cccc([N+](=O)[O-])c1. The monoisotopic (exact) mass is 363 g/mol. The summed E-state index contributed by atoms with van der Waals surface area (Å²) in [6.07, 6.45) is 0.429. The van der Waals surface area contributed by atoms with E-state index in [2.05, 4.69) is 13.8 Å². The lowest BCUT2D eigenvalue weighted by molar-refractivity contribution is -0.384. The van der Waals surface area contributed by atoms with Crippen LogP contribution in [-0.2, 0) is 17.6 Å². The first kappa shape index (κ1) is 18.5. The first-order chi connectivity index (χ1) is 11.4. The average Bonchev–Trinajstić information content (AvgIpc) is 2.50. The Kier molecular flexibility index (Phi) is 6.40. The van der Waals surface area contributed by atoms with Gasteiger partial charge in [-0.3, -0.25) is 14.9 Å². The average molecular weight is 364 g/mol. The van der Waals surface area contributed by atoms with Crippen molar-refractivity contribution in [3.05, 3.63) is 68.7 Å². The van der Waals surface area contributed by atoms with Crippen LogP contribution in [0.25, 0.3) is 0 Å². The first-order valence-corrected chi connectivity index (χ1v) is 8.81. The zero-order chi connectivity index (χ0) is 17.7. The molecule has 0 aromatic heterocycles. The molecule has 0 heterocycles. The van der Waals surface area contributed by atoms with Gasteiger partial charge in [0.15, 0.2) is 0 Å². The minimum atomic E-state index is -0.456. The summed E-state index contributed by atoms with van der Waals surface area (Å²) < 4.78 is 0. The number of thioether (sulfide) groups is 1. The van der Waals surface area contributed by atoms with Crippen molar-refractivity contribution in [2.75, 3.05) is 0 Å². The van der Waals surface area contributed by atoms with Crippen molar-refractivity contribution in [3.63, 3.8) is 0 Å². The molecule has 6 heteroatoms. The van der Waals surface area contributed by atoms with Crippen LogP contribution in [0, 0.1) is 10.1 Å². The van der Waals surface area contributed by atoms with E-state index in [4.69, 9.17) is 11.6 Å². The van der Waals surface area contributed by atoms with Gasteiger partial charge in [-0.2, -0.15) is 0 Å². The van der Waals surface area contributed by atoms with Gasteiger partial charge in [-0.1, -0.05) is 49.7 Å². The van der Waals surface area contributed by atoms with Gasteiger partial charge in [0.05, 0.1) is 9.95 Å². The van der Waals surface area contributed by atoms with E-state index in [0.29, 0.717) is 15.8 Å². The highest BCUT2D eigenvalue weighted by molar-refractivity contribution is 8.00. The topological polar surface area (TPSA) is 60.2 Å². The number of rotatable bonds is 7. The summed E-state index contributed by atoms with van der Waals surface area (Å²) in [5.74, 6) is 0.00312. The number of benzene rings is 2. The Labute approximate surface area is 150 Å². The maximum Gasteiger partial charge on any atom is 0.269 e. The Morgan fingerprint density at radius 3 is 2.58 bits per heavy atom. The highest BCUT2D eigenvalue weighted by Gasteiger charge is 2.14. The van der Waals surface area contributed by atoms with Crippen molar-refractivity contribution < 1.29 is 9.72 Å². The Balaban J connectivity index is 2.14. The summed E-state index contributed by atoms with van der Waals surface area (Å²) in [6, 6.07) is 11.8. The van der Waals surface area contributed by atoms with Gasteiger partial charge in [0, 0.05) is 35.1 Å². The van der Waals surface area contributed by atoms with Gasteiger partial charge >= 0.3 is 0 Å². The summed E-state index contributed by atoms with van der Waals surface area (Å²) in [7, 11) is 0. The van der Waals surface area contributed by atoms with Gasteiger partial charge in [-0.15, -0.1) is 11.8 Å². The smallest absolute Gasteiger partial charge is 0.269 e. The van der Waals surface area contributed by atoms with E-state index in [9.17, 15) is 14.9 Å². The predicted octanol–water partition coefficient (Wildman–Crippen LogP) is 5.10. The highest BCUT2D eigenvalue weighted by atomic mass is 35.5. The normalized spacial score (nSPS) is 10.8. The van der Waals surface area contributed by atoms with Crippen LogP contribution in [0.2, 0.25) is 5.02 Å². The molecule has 0 fully saturated rings. The van der Waals surface area contributed by atoms with Crippen molar-refractivity contribution in [2.24, 2.45) is 0 Å². The molecule has 2 rings (SSSR count). The number of halogens is 1. The second kappa shape index (κ2) is 8.31. The lowest BCUT2D eigenvalue weighted by atomic mass is 10.0. The van der Waals surface area contributed by atoms with Crippen LogP contribution in [0.15, 0.2) is 47.4 Å². The van der Waals surface area contributed by atoms with E-state index in [-0.39, 0.29) is 24.3 Å². The second-order valence-electron chi connectivity index (χ2n) is 5.71. The molecule has 0 aliphatic carbocycles. The van der Waals surface area contributed by atoms with Crippen LogP contribution in [0.3, 0.4) is 0 Å². The van der Waals surface area contributed by atoms with Gasteiger partial charge in [-0.25, -0.2) is 0 Å². The Bertz CT molecular complexity index is 762. The molecule has 0 amide bonds. The van der Waals surface area contributed by atoms with Crippen molar-refractivity contribution in [3.8, 4) is 0 Å². The Hall–Kier alpha value is -1.85. The molecular formula is C18H18ClNO3S. The molecule has 0 N–H and O–H groups in total. The van der Waals surface area contributed by atoms with Crippen LogP contribution in [0.5, 0.6) is 0 Å². The largest absolute Gasteiger partial charge is 0.299 e. The summed E-state index contributed by atoms with van der Waals surface area (Å²) in [5.41, 5.74) is 1.55. The zero-order valence-electron chi connectivity index (χ0n) is 13.5. The lowest BCUT2D eigenvalue weighted by Gasteiger charge is -2.12. The fourth-order valence-corrected chi connectivity index (χ4v) is 3.61. The minimum absolute atomic E-state index is 0.000826. The van der Waals surface area contributed by atoms with E-state index in [1.165, 1.54) is 12.1 Å². The third-order valence-corrected chi connectivity index (χ3v) is 4.93. The number of carbonyl (C=O) groups excluding carboxylic acids is 1. The van der Waals surface area contributed by atoms with Gasteiger partial charge < -0.3 is 0 Å². The second-order valence-corrected chi connectivity index (χ2v) is 7.71. The lowest BCUT2D eigenvalue weighted by Crippen LogP contribution is -2.08. The molecule has 2 aromatic rings. The van der Waals surface area contributed by atoms with Gasteiger partial charge in [0.1, 0.15) is 5.78 Å². The summed E-state index contributed by atoms with van der Waals surface area (Å²) in [5, 5.41) is 11.8. The van der Waals surface area contributed by atoms with Gasteiger partial charge in [0.25, 0.3) is 5.69 Å². The molecule has 0 bridgehead atoms. The number of ketones is 1. The van der Waals surface area contributed by atoms with E-state index in [1.807, 2.05) is 18.2 Å². The molecule has 24 heavy (non-hydrogen) atoms. The van der Waals surface area contributed by atoms with Gasteiger partial charge in [0.2, 0.25) is 0 Å². The molecular weight excluding hydrogens is 346 g/mol. The minimum Gasteiger partial charge on any atom is -0.299 e. The molecule has 0 spiro atoms. The molecule has 126 valence electrons. The zero-order valence-corrected chi connectivity index (χ0v) is 15.1. The third-order valence-electron chi connectivity index (χ3n) is 3.31. The Morgan fingerprint density at radius 2 is 1.92 bits per heavy atom. The van der Waals surface area contributed by atoms with Crippen LogP contribution in [0.1, 0.15) is 25.0 Å². The van der Waals surface area contributed by atoms with Crippen molar-refractivity contribution >= 4 is 34.8 Å². The molecule has 2 aromatic carbocycles. The quantitative estimate of drug-likeness (QED) is 0.390. The highest BCUT2D eigenvalue weighted by Crippen LogP contribution is 2.34. The molecule has 0 atom stereocenters. The predicted molar refractivity (Wildman–Crippen MR) is 98.0 cm³/mol. The van der Waals surface area contributed by atoms with Crippen molar-refractivity contribution in [1.82, 2.24) is 0 Å². The molecule has 0 unspecified atom stereocenters. The van der Waals surface area contributed by atoms with E-state index < -0.39 is 4.92 Å². The number of hydrogen-bond acceptors (Lipinski definition) is 4. The molecule has 0 radical (unpaired) electrons. The van der Waals surface area contributed by atoms with Gasteiger partial charge in [-0.05, 0) is 17.2 Å². The van der Waals surface area contributed by atoms with Crippen molar-refractivity contribution in [1.29, 1.82) is 0 Å². The van der Waals surface area contributed by atoms with E-state index in [0.717, 1.165) is 10.5 Å². The number of nitro benzene ring substituents is 1. The molecule has 0 aliphatic rings. The van der Waals surface area contributed by atoms with E-state index >= 15 is 0 Å². The molecule has 0 saturated carbocycles. The number of nitro groups is 1. The van der Waals surface area contributed by atoms with Crippen molar-refractivity contribution in [2.45, 2.75) is 36.8 Å².